The van der Waals surface area contributed by atoms with E-state index in [1.165, 1.54) is 17.3 Å². The van der Waals surface area contributed by atoms with Crippen molar-refractivity contribution in [1.82, 2.24) is 10.2 Å². The normalized spacial score (nSPS) is 14.0. The lowest BCUT2D eigenvalue weighted by Crippen LogP contribution is -2.31. The van der Waals surface area contributed by atoms with Gasteiger partial charge in [0, 0.05) is 13.1 Å². The Bertz CT molecular complexity index is 628. The van der Waals surface area contributed by atoms with Gasteiger partial charge in [-0.15, -0.1) is 5.10 Å². The molecule has 2 aromatic rings. The van der Waals surface area contributed by atoms with Gasteiger partial charge in [-0.2, -0.15) is 5.10 Å². The molecule has 0 unspecified atom stereocenters. The Morgan fingerprint density at radius 2 is 2.05 bits per heavy atom. The second-order valence-electron chi connectivity index (χ2n) is 4.55. The molecule has 5 nitrogen and oxygen atoms in total. The summed E-state index contributed by atoms with van der Waals surface area (Å²) in [7, 11) is 0. The predicted molar refractivity (Wildman–Crippen MR) is 70.2 cm³/mol. The van der Waals surface area contributed by atoms with Crippen LogP contribution in [0, 0.1) is 0 Å². The molecule has 1 aromatic carbocycles. The Morgan fingerprint density at radius 1 is 1.26 bits per heavy atom. The maximum absolute atomic E-state index is 10.9. The number of carbonyl (C=O) groups is 1. The Morgan fingerprint density at radius 3 is 2.84 bits per heavy atom. The molecule has 1 aromatic heterocycles. The Labute approximate surface area is 110 Å². The van der Waals surface area contributed by atoms with Crippen molar-refractivity contribution >= 4 is 11.8 Å². The van der Waals surface area contributed by atoms with E-state index in [9.17, 15) is 4.79 Å². The van der Waals surface area contributed by atoms with E-state index in [0.29, 0.717) is 5.82 Å². The maximum Gasteiger partial charge on any atom is 0.337 e. The second kappa shape index (κ2) is 4.68. The van der Waals surface area contributed by atoms with Crippen LogP contribution in [0.4, 0.5) is 5.82 Å². The number of fused-ring (bicyclic) bond motifs is 1. The molecule has 0 atom stereocenters. The summed E-state index contributed by atoms with van der Waals surface area (Å²) in [6, 6.07) is 9.85. The average molecular weight is 255 g/mol. The van der Waals surface area contributed by atoms with Gasteiger partial charge in [0.2, 0.25) is 0 Å². The van der Waals surface area contributed by atoms with Gasteiger partial charge < -0.3 is 10.0 Å². The van der Waals surface area contributed by atoms with Crippen molar-refractivity contribution in [3.63, 3.8) is 0 Å². The summed E-state index contributed by atoms with van der Waals surface area (Å²) >= 11 is 0. The minimum atomic E-state index is -0.978. The van der Waals surface area contributed by atoms with Gasteiger partial charge in [-0.25, -0.2) is 4.79 Å². The molecule has 1 aliphatic rings. The smallest absolute Gasteiger partial charge is 0.337 e. The van der Waals surface area contributed by atoms with E-state index in [1.54, 1.807) is 6.07 Å². The largest absolute Gasteiger partial charge is 0.478 e. The molecule has 0 saturated carbocycles. The molecule has 0 bridgehead atoms. The number of anilines is 1. The first-order chi connectivity index (χ1) is 9.24. The minimum Gasteiger partial charge on any atom is -0.478 e. The zero-order chi connectivity index (χ0) is 13.2. The molecule has 0 aliphatic carbocycles. The summed E-state index contributed by atoms with van der Waals surface area (Å²) < 4.78 is 0. The number of carboxylic acid groups (broad SMARTS) is 1. The Hall–Kier alpha value is -2.43. The summed E-state index contributed by atoms with van der Waals surface area (Å²) in [4.78, 5) is 13.0. The molecule has 19 heavy (non-hydrogen) atoms. The fraction of sp³-hybridized carbons (Fsp3) is 0.214. The van der Waals surface area contributed by atoms with Gasteiger partial charge in [0.25, 0.3) is 0 Å². The molecule has 0 amide bonds. The highest BCUT2D eigenvalue weighted by Gasteiger charge is 2.18. The number of aromatic nitrogens is 2. The van der Waals surface area contributed by atoms with Crippen molar-refractivity contribution in [1.29, 1.82) is 0 Å². The highest BCUT2D eigenvalue weighted by Crippen LogP contribution is 2.22. The number of aromatic carboxylic acids is 1. The highest BCUT2D eigenvalue weighted by atomic mass is 16.4. The minimum absolute atomic E-state index is 0.170. The first-order valence-electron chi connectivity index (χ1n) is 6.12. The highest BCUT2D eigenvalue weighted by molar-refractivity contribution is 5.87. The maximum atomic E-state index is 10.9. The first kappa shape index (κ1) is 11.6. The van der Waals surface area contributed by atoms with Crippen LogP contribution in [0.25, 0.3) is 0 Å². The predicted octanol–water partition coefficient (Wildman–Crippen LogP) is 1.74. The van der Waals surface area contributed by atoms with Gasteiger partial charge in [-0.1, -0.05) is 24.3 Å². The summed E-state index contributed by atoms with van der Waals surface area (Å²) in [5, 5.41) is 16.8. The number of benzene rings is 1. The molecule has 0 radical (unpaired) electrons. The van der Waals surface area contributed by atoms with E-state index >= 15 is 0 Å². The molecule has 96 valence electrons. The molecule has 5 heteroatoms. The van der Waals surface area contributed by atoms with Crippen molar-refractivity contribution in [2.24, 2.45) is 0 Å². The lowest BCUT2D eigenvalue weighted by atomic mass is 10.00. The number of nitrogens with zero attached hydrogens (tertiary/aromatic N) is 3. The number of rotatable bonds is 2. The zero-order valence-corrected chi connectivity index (χ0v) is 10.3. The van der Waals surface area contributed by atoms with Crippen LogP contribution >= 0.6 is 0 Å². The third-order valence-corrected chi connectivity index (χ3v) is 3.34. The van der Waals surface area contributed by atoms with Crippen molar-refractivity contribution in [3.8, 4) is 0 Å². The van der Waals surface area contributed by atoms with E-state index in [1.807, 2.05) is 12.1 Å². The summed E-state index contributed by atoms with van der Waals surface area (Å²) in [6.45, 7) is 1.57. The zero-order valence-electron chi connectivity index (χ0n) is 10.3. The fourth-order valence-electron chi connectivity index (χ4n) is 2.32. The van der Waals surface area contributed by atoms with Crippen molar-refractivity contribution in [2.75, 3.05) is 11.4 Å². The molecule has 0 saturated heterocycles. The van der Waals surface area contributed by atoms with Crippen LogP contribution in [0.2, 0.25) is 0 Å². The van der Waals surface area contributed by atoms with Gasteiger partial charge in [-0.3, -0.25) is 0 Å². The van der Waals surface area contributed by atoms with E-state index in [-0.39, 0.29) is 5.56 Å². The molecule has 1 aliphatic heterocycles. The van der Waals surface area contributed by atoms with Gasteiger partial charge >= 0.3 is 5.97 Å². The number of carboxylic acids is 1. The summed E-state index contributed by atoms with van der Waals surface area (Å²) in [5.41, 5.74) is 2.78. The van der Waals surface area contributed by atoms with E-state index in [4.69, 9.17) is 5.11 Å². The molecule has 3 rings (SSSR count). The molecule has 2 heterocycles. The van der Waals surface area contributed by atoms with Crippen molar-refractivity contribution in [3.05, 3.63) is 53.2 Å². The first-order valence-corrected chi connectivity index (χ1v) is 6.12. The third-order valence-electron chi connectivity index (χ3n) is 3.34. The van der Waals surface area contributed by atoms with Crippen molar-refractivity contribution in [2.45, 2.75) is 13.0 Å². The van der Waals surface area contributed by atoms with Gasteiger partial charge in [0.05, 0.1) is 11.8 Å². The van der Waals surface area contributed by atoms with Gasteiger partial charge in [-0.05, 0) is 23.6 Å². The fourth-order valence-corrected chi connectivity index (χ4v) is 2.32. The second-order valence-corrected chi connectivity index (χ2v) is 4.55. The van der Waals surface area contributed by atoms with Crippen LogP contribution in [-0.4, -0.2) is 27.8 Å². The quantitative estimate of drug-likeness (QED) is 0.885. The van der Waals surface area contributed by atoms with Crippen LogP contribution in [0.1, 0.15) is 21.5 Å². The molecule has 0 fully saturated rings. The molecule has 0 spiro atoms. The third kappa shape index (κ3) is 2.27. The molecular formula is C14H13N3O2. The number of hydrogen-bond donors (Lipinski definition) is 1. The van der Waals surface area contributed by atoms with Crippen LogP contribution in [-0.2, 0) is 13.0 Å². The van der Waals surface area contributed by atoms with E-state index in [2.05, 4.69) is 27.2 Å². The Balaban J connectivity index is 1.89. The molecule has 1 N–H and O–H groups in total. The monoisotopic (exact) mass is 255 g/mol. The number of hydrogen-bond acceptors (Lipinski definition) is 4. The standard InChI is InChI=1S/C14H13N3O2/c18-14(19)12-7-13(16-15-8-12)17-6-5-10-3-1-2-4-11(10)9-17/h1-4,7-8H,5-6,9H2,(H,18,19). The molecular weight excluding hydrogens is 242 g/mol. The summed E-state index contributed by atoms with van der Waals surface area (Å²) in [5.74, 6) is -0.358. The average Bonchev–Trinajstić information content (AvgIpc) is 2.47. The summed E-state index contributed by atoms with van der Waals surface area (Å²) in [6.07, 6.45) is 2.21. The lowest BCUT2D eigenvalue weighted by molar-refractivity contribution is 0.0696. The van der Waals surface area contributed by atoms with E-state index in [0.717, 1.165) is 19.5 Å². The Kier molecular flexibility index (Phi) is 2.87. The van der Waals surface area contributed by atoms with Crippen LogP contribution in [0.5, 0.6) is 0 Å². The van der Waals surface area contributed by atoms with E-state index < -0.39 is 5.97 Å². The van der Waals surface area contributed by atoms with Crippen LogP contribution < -0.4 is 4.90 Å². The van der Waals surface area contributed by atoms with Gasteiger partial charge in [0.15, 0.2) is 5.82 Å². The van der Waals surface area contributed by atoms with Gasteiger partial charge in [0.1, 0.15) is 0 Å². The SMILES string of the molecule is O=C(O)c1cnnc(N2CCc3ccccc3C2)c1. The topological polar surface area (TPSA) is 66.3 Å². The van der Waals surface area contributed by atoms with Crippen LogP contribution in [0.3, 0.4) is 0 Å². The lowest BCUT2D eigenvalue weighted by Gasteiger charge is -2.29. The van der Waals surface area contributed by atoms with Crippen LogP contribution in [0.15, 0.2) is 36.5 Å². The van der Waals surface area contributed by atoms with Crippen molar-refractivity contribution < 1.29 is 9.90 Å².